The number of carbonyl (C=O) groups excluding carboxylic acids is 2. The summed E-state index contributed by atoms with van der Waals surface area (Å²) in [5, 5.41) is 15.3. The van der Waals surface area contributed by atoms with Gasteiger partial charge in [-0.15, -0.1) is 0 Å². The number of methoxy groups -OCH3 is 1. The first-order valence-electron chi connectivity index (χ1n) is 8.46. The molecule has 0 bridgehead atoms. The number of amides is 2. The van der Waals surface area contributed by atoms with E-state index in [1.54, 1.807) is 6.92 Å². The Bertz CT molecular complexity index is 943. The first-order valence-corrected chi connectivity index (χ1v) is 8.84. The Balaban J connectivity index is 1.93. The second kappa shape index (κ2) is 8.22. The highest BCUT2D eigenvalue weighted by molar-refractivity contribution is 6.32. The topological polar surface area (TPSA) is 96.9 Å². The van der Waals surface area contributed by atoms with Gasteiger partial charge in [-0.1, -0.05) is 41.9 Å². The highest BCUT2D eigenvalue weighted by atomic mass is 35.5. The maximum absolute atomic E-state index is 12.8. The van der Waals surface area contributed by atoms with Gasteiger partial charge in [0.25, 0.3) is 0 Å². The van der Waals surface area contributed by atoms with Crippen LogP contribution in [0.4, 0.5) is 4.79 Å². The molecule has 3 rings (SSSR count). The largest absolute Gasteiger partial charge is 0.503 e. The van der Waals surface area contributed by atoms with E-state index in [1.807, 2.05) is 30.3 Å². The molecule has 1 heterocycles. The van der Waals surface area contributed by atoms with Crippen molar-refractivity contribution in [1.82, 2.24) is 10.6 Å². The van der Waals surface area contributed by atoms with Crippen molar-refractivity contribution >= 4 is 23.6 Å². The zero-order chi connectivity index (χ0) is 20.3. The molecule has 0 unspecified atom stereocenters. The molecular formula is C20H19ClN2O5. The zero-order valence-electron chi connectivity index (χ0n) is 15.3. The summed E-state index contributed by atoms with van der Waals surface area (Å²) in [6.07, 6.45) is 0. The summed E-state index contributed by atoms with van der Waals surface area (Å²) in [6, 6.07) is 11.0. The van der Waals surface area contributed by atoms with E-state index in [-0.39, 0.29) is 28.7 Å². The SMILES string of the molecule is COc1cc([C@H]2NC(=O)NC(C)=C2C(=O)OCc2ccccc2)cc(Cl)c1O. The number of allylic oxidation sites excluding steroid dienone is 1. The fraction of sp³-hybridized carbons (Fsp3) is 0.200. The van der Waals surface area contributed by atoms with Crippen LogP contribution in [0.2, 0.25) is 5.02 Å². The maximum atomic E-state index is 12.8. The molecular weight excluding hydrogens is 384 g/mol. The predicted octanol–water partition coefficient (Wildman–Crippen LogP) is 3.43. The van der Waals surface area contributed by atoms with E-state index in [4.69, 9.17) is 21.1 Å². The first kappa shape index (κ1) is 19.6. The highest BCUT2D eigenvalue weighted by Crippen LogP contribution is 2.39. The van der Waals surface area contributed by atoms with E-state index >= 15 is 0 Å². The van der Waals surface area contributed by atoms with Crippen LogP contribution in [0.1, 0.15) is 24.1 Å². The first-order chi connectivity index (χ1) is 13.4. The summed E-state index contributed by atoms with van der Waals surface area (Å²) in [5.74, 6) is -0.672. The Hall–Kier alpha value is -3.19. The second-order valence-electron chi connectivity index (χ2n) is 6.19. The molecule has 1 aliphatic rings. The number of phenols is 1. The summed E-state index contributed by atoms with van der Waals surface area (Å²) in [5.41, 5.74) is 1.92. The van der Waals surface area contributed by atoms with E-state index in [0.29, 0.717) is 11.3 Å². The summed E-state index contributed by atoms with van der Waals surface area (Å²) in [6.45, 7) is 1.71. The molecule has 0 aromatic heterocycles. The number of hydrogen-bond donors (Lipinski definition) is 3. The lowest BCUT2D eigenvalue weighted by molar-refractivity contribution is -0.140. The number of nitrogens with one attached hydrogen (secondary N) is 2. The summed E-state index contributed by atoms with van der Waals surface area (Å²) < 4.78 is 10.6. The van der Waals surface area contributed by atoms with Crippen molar-refractivity contribution < 1.29 is 24.2 Å². The molecule has 1 atom stereocenters. The third-order valence-electron chi connectivity index (χ3n) is 4.31. The van der Waals surface area contributed by atoms with Crippen molar-refractivity contribution in [2.75, 3.05) is 7.11 Å². The average Bonchev–Trinajstić information content (AvgIpc) is 2.68. The summed E-state index contributed by atoms with van der Waals surface area (Å²) >= 11 is 6.07. The van der Waals surface area contributed by atoms with Crippen molar-refractivity contribution in [3.8, 4) is 11.5 Å². The number of rotatable bonds is 5. The van der Waals surface area contributed by atoms with Gasteiger partial charge in [0.15, 0.2) is 11.5 Å². The minimum Gasteiger partial charge on any atom is -0.503 e. The molecule has 2 aromatic rings. The minimum atomic E-state index is -0.816. The van der Waals surface area contributed by atoms with Crippen LogP contribution in [-0.2, 0) is 16.1 Å². The molecule has 0 saturated heterocycles. The van der Waals surface area contributed by atoms with Crippen LogP contribution in [0.25, 0.3) is 0 Å². The minimum absolute atomic E-state index is 0.0387. The van der Waals surface area contributed by atoms with E-state index < -0.39 is 18.0 Å². The van der Waals surface area contributed by atoms with Crippen LogP contribution in [-0.4, -0.2) is 24.2 Å². The Labute approximate surface area is 166 Å². The molecule has 1 aliphatic heterocycles. The van der Waals surface area contributed by atoms with Gasteiger partial charge in [0.05, 0.1) is 23.7 Å². The van der Waals surface area contributed by atoms with Crippen molar-refractivity contribution in [1.29, 1.82) is 0 Å². The Kier molecular flexibility index (Phi) is 5.75. The number of benzene rings is 2. The van der Waals surface area contributed by atoms with Crippen LogP contribution < -0.4 is 15.4 Å². The molecule has 2 aromatic carbocycles. The summed E-state index contributed by atoms with van der Waals surface area (Å²) in [4.78, 5) is 24.8. The number of urea groups is 1. The monoisotopic (exact) mass is 402 g/mol. The van der Waals surface area contributed by atoms with E-state index in [9.17, 15) is 14.7 Å². The van der Waals surface area contributed by atoms with E-state index in [0.717, 1.165) is 5.56 Å². The Morgan fingerprint density at radius 1 is 1.25 bits per heavy atom. The summed E-state index contributed by atoms with van der Waals surface area (Å²) in [7, 11) is 1.38. The molecule has 3 N–H and O–H groups in total. The van der Waals surface area contributed by atoms with Crippen molar-refractivity contribution in [2.45, 2.75) is 19.6 Å². The predicted molar refractivity (Wildman–Crippen MR) is 103 cm³/mol. The fourth-order valence-electron chi connectivity index (χ4n) is 2.93. The highest BCUT2D eigenvalue weighted by Gasteiger charge is 2.33. The average molecular weight is 403 g/mol. The Morgan fingerprint density at radius 3 is 2.64 bits per heavy atom. The molecule has 7 nitrogen and oxygen atoms in total. The van der Waals surface area contributed by atoms with Gasteiger partial charge in [-0.25, -0.2) is 9.59 Å². The van der Waals surface area contributed by atoms with Crippen LogP contribution in [0, 0.1) is 0 Å². The van der Waals surface area contributed by atoms with E-state index in [2.05, 4.69) is 10.6 Å². The third kappa shape index (κ3) is 4.04. The van der Waals surface area contributed by atoms with Crippen molar-refractivity contribution in [3.05, 3.63) is 69.9 Å². The van der Waals surface area contributed by atoms with Gasteiger partial charge >= 0.3 is 12.0 Å². The molecule has 0 saturated carbocycles. The smallest absolute Gasteiger partial charge is 0.338 e. The van der Waals surface area contributed by atoms with Crippen molar-refractivity contribution in [3.63, 3.8) is 0 Å². The number of carbonyl (C=O) groups is 2. The normalized spacial score (nSPS) is 16.2. The number of hydrogen-bond acceptors (Lipinski definition) is 5. The lowest BCUT2D eigenvalue weighted by atomic mass is 9.95. The molecule has 2 amide bonds. The maximum Gasteiger partial charge on any atom is 0.338 e. The number of esters is 1. The number of aromatic hydroxyl groups is 1. The fourth-order valence-corrected chi connectivity index (χ4v) is 3.15. The third-order valence-corrected chi connectivity index (χ3v) is 4.59. The molecule has 0 aliphatic carbocycles. The molecule has 0 radical (unpaired) electrons. The van der Waals surface area contributed by atoms with Crippen LogP contribution in [0.5, 0.6) is 11.5 Å². The van der Waals surface area contributed by atoms with Gasteiger partial charge in [0.1, 0.15) is 6.61 Å². The quantitative estimate of drug-likeness (QED) is 0.666. The van der Waals surface area contributed by atoms with Crippen LogP contribution in [0.3, 0.4) is 0 Å². The van der Waals surface area contributed by atoms with Crippen LogP contribution >= 0.6 is 11.6 Å². The lowest BCUT2D eigenvalue weighted by Gasteiger charge is -2.28. The lowest BCUT2D eigenvalue weighted by Crippen LogP contribution is -2.45. The molecule has 28 heavy (non-hydrogen) atoms. The molecule has 8 heteroatoms. The molecule has 146 valence electrons. The zero-order valence-corrected chi connectivity index (χ0v) is 16.0. The standard InChI is InChI=1S/C20H19ClN2O5/c1-11-16(19(25)28-10-12-6-4-3-5-7-12)17(23-20(26)22-11)13-8-14(21)18(24)15(9-13)27-2/h3-9,17,24H,10H2,1-2H3,(H2,22,23,26)/t17-/m1/s1. The van der Waals surface area contributed by atoms with Gasteiger partial charge in [0.2, 0.25) is 0 Å². The van der Waals surface area contributed by atoms with Gasteiger partial charge in [0, 0.05) is 5.70 Å². The number of phenolic OH excluding ortho intramolecular Hbond substituents is 1. The van der Waals surface area contributed by atoms with Crippen molar-refractivity contribution in [2.24, 2.45) is 0 Å². The number of halogens is 1. The second-order valence-corrected chi connectivity index (χ2v) is 6.59. The van der Waals surface area contributed by atoms with Gasteiger partial charge in [-0.2, -0.15) is 0 Å². The molecule has 0 fully saturated rings. The van der Waals surface area contributed by atoms with Gasteiger partial charge in [-0.3, -0.25) is 0 Å². The van der Waals surface area contributed by atoms with E-state index in [1.165, 1.54) is 19.2 Å². The molecule has 0 spiro atoms. The van der Waals surface area contributed by atoms with Gasteiger partial charge in [-0.05, 0) is 30.2 Å². The van der Waals surface area contributed by atoms with Gasteiger partial charge < -0.3 is 25.2 Å². The van der Waals surface area contributed by atoms with Crippen LogP contribution in [0.15, 0.2) is 53.7 Å². The Morgan fingerprint density at radius 2 is 1.96 bits per heavy atom. The number of ether oxygens (including phenoxy) is 2.